The van der Waals surface area contributed by atoms with E-state index in [4.69, 9.17) is 16.3 Å². The van der Waals surface area contributed by atoms with Gasteiger partial charge in [-0.15, -0.1) is 0 Å². The number of nitrogens with zero attached hydrogens (tertiary/aromatic N) is 2. The third-order valence-electron chi connectivity index (χ3n) is 4.09. The van der Waals surface area contributed by atoms with Gasteiger partial charge in [-0.2, -0.15) is 0 Å². The standard InChI is InChI=1S/C18H28ClFN2O2/c1-18(2,3)24-13-14(23)11-21-7-9-22(10-8-21)12-15-16(19)5-4-6-17(15)20/h4-6,14,23H,7-13H2,1-3H3. The molecule has 0 aromatic heterocycles. The maximum atomic E-state index is 13.9. The smallest absolute Gasteiger partial charge is 0.129 e. The molecule has 1 heterocycles. The van der Waals surface area contributed by atoms with Gasteiger partial charge < -0.3 is 9.84 Å². The van der Waals surface area contributed by atoms with E-state index >= 15 is 0 Å². The molecule has 1 unspecified atom stereocenters. The van der Waals surface area contributed by atoms with Gasteiger partial charge in [0.05, 0.1) is 18.3 Å². The maximum absolute atomic E-state index is 13.9. The minimum Gasteiger partial charge on any atom is -0.389 e. The molecule has 0 aliphatic carbocycles. The number of halogens is 2. The number of hydrogen-bond acceptors (Lipinski definition) is 4. The Kier molecular flexibility index (Phi) is 7.01. The van der Waals surface area contributed by atoms with Crippen LogP contribution in [0.15, 0.2) is 18.2 Å². The Labute approximate surface area is 149 Å². The lowest BCUT2D eigenvalue weighted by Gasteiger charge is -2.36. The van der Waals surface area contributed by atoms with Gasteiger partial charge in [0.15, 0.2) is 0 Å². The van der Waals surface area contributed by atoms with Gasteiger partial charge >= 0.3 is 0 Å². The number of aliphatic hydroxyl groups excluding tert-OH is 1. The largest absolute Gasteiger partial charge is 0.389 e. The molecule has 1 aliphatic heterocycles. The van der Waals surface area contributed by atoms with Crippen molar-refractivity contribution in [3.05, 3.63) is 34.6 Å². The molecule has 1 aliphatic rings. The molecule has 0 spiro atoms. The van der Waals surface area contributed by atoms with E-state index in [0.29, 0.717) is 30.3 Å². The zero-order valence-corrected chi connectivity index (χ0v) is 15.5. The topological polar surface area (TPSA) is 35.9 Å². The van der Waals surface area contributed by atoms with E-state index < -0.39 is 6.10 Å². The number of rotatable bonds is 6. The van der Waals surface area contributed by atoms with E-state index in [0.717, 1.165) is 26.2 Å². The Morgan fingerprint density at radius 3 is 2.42 bits per heavy atom. The monoisotopic (exact) mass is 358 g/mol. The summed E-state index contributed by atoms with van der Waals surface area (Å²) >= 11 is 6.09. The number of aliphatic hydroxyl groups is 1. The first-order chi connectivity index (χ1) is 11.2. The first-order valence-electron chi connectivity index (χ1n) is 8.44. The highest BCUT2D eigenvalue weighted by Crippen LogP contribution is 2.21. The molecule has 1 N–H and O–H groups in total. The van der Waals surface area contributed by atoms with Crippen LogP contribution in [-0.4, -0.2) is 65.9 Å². The summed E-state index contributed by atoms with van der Waals surface area (Å²) in [5.41, 5.74) is 0.324. The minimum atomic E-state index is -0.489. The summed E-state index contributed by atoms with van der Waals surface area (Å²) in [5, 5.41) is 10.6. The van der Waals surface area contributed by atoms with Crippen molar-refractivity contribution < 1.29 is 14.2 Å². The lowest BCUT2D eigenvalue weighted by atomic mass is 10.1. The third-order valence-corrected chi connectivity index (χ3v) is 4.44. The van der Waals surface area contributed by atoms with Gasteiger partial charge in [-0.3, -0.25) is 9.80 Å². The number of piperazine rings is 1. The summed E-state index contributed by atoms with van der Waals surface area (Å²) in [7, 11) is 0. The molecule has 1 aromatic carbocycles. The average molecular weight is 359 g/mol. The highest BCUT2D eigenvalue weighted by Gasteiger charge is 2.22. The SMILES string of the molecule is CC(C)(C)OCC(O)CN1CCN(Cc2c(F)cccc2Cl)CC1. The van der Waals surface area contributed by atoms with Crippen molar-refractivity contribution in [2.75, 3.05) is 39.3 Å². The van der Waals surface area contributed by atoms with Gasteiger partial charge in [-0.1, -0.05) is 17.7 Å². The van der Waals surface area contributed by atoms with Crippen LogP contribution in [0.3, 0.4) is 0 Å². The number of benzene rings is 1. The molecule has 6 heteroatoms. The minimum absolute atomic E-state index is 0.237. The van der Waals surface area contributed by atoms with Crippen LogP contribution in [0.1, 0.15) is 26.3 Å². The van der Waals surface area contributed by atoms with Crippen molar-refractivity contribution >= 4 is 11.6 Å². The molecule has 4 nitrogen and oxygen atoms in total. The highest BCUT2D eigenvalue weighted by molar-refractivity contribution is 6.31. The maximum Gasteiger partial charge on any atom is 0.129 e. The predicted octanol–water partition coefficient (Wildman–Crippen LogP) is 2.77. The summed E-state index contributed by atoms with van der Waals surface area (Å²) in [4.78, 5) is 4.41. The molecule has 2 rings (SSSR count). The molecule has 1 aromatic rings. The predicted molar refractivity (Wildman–Crippen MR) is 94.8 cm³/mol. The first-order valence-corrected chi connectivity index (χ1v) is 8.82. The summed E-state index contributed by atoms with van der Waals surface area (Å²) in [6.07, 6.45) is -0.489. The number of hydrogen-bond donors (Lipinski definition) is 1. The Morgan fingerprint density at radius 2 is 1.83 bits per heavy atom. The zero-order valence-electron chi connectivity index (χ0n) is 14.8. The Hall–Kier alpha value is -0.720. The molecule has 0 saturated carbocycles. The van der Waals surface area contributed by atoms with Crippen molar-refractivity contribution in [1.29, 1.82) is 0 Å². The summed E-state index contributed by atoms with van der Waals surface area (Å²) < 4.78 is 19.5. The van der Waals surface area contributed by atoms with Crippen LogP contribution in [0.5, 0.6) is 0 Å². The first kappa shape index (κ1) is 19.6. The van der Waals surface area contributed by atoms with Crippen LogP contribution in [0.25, 0.3) is 0 Å². The Balaban J connectivity index is 1.75. The van der Waals surface area contributed by atoms with Crippen LogP contribution >= 0.6 is 11.6 Å². The Bertz CT molecular complexity index is 508. The molecule has 1 atom stereocenters. The van der Waals surface area contributed by atoms with E-state index in [-0.39, 0.29) is 11.4 Å². The van der Waals surface area contributed by atoms with Crippen molar-refractivity contribution in [2.45, 2.75) is 39.0 Å². The highest BCUT2D eigenvalue weighted by atomic mass is 35.5. The van der Waals surface area contributed by atoms with Gasteiger partial charge in [0.2, 0.25) is 0 Å². The normalized spacial score (nSPS) is 18.8. The lowest BCUT2D eigenvalue weighted by Crippen LogP contribution is -2.49. The fourth-order valence-corrected chi connectivity index (χ4v) is 2.96. The number of ether oxygens (including phenoxy) is 1. The van der Waals surface area contributed by atoms with Crippen molar-refractivity contribution in [1.82, 2.24) is 9.80 Å². The van der Waals surface area contributed by atoms with Gasteiger partial charge in [-0.25, -0.2) is 4.39 Å². The van der Waals surface area contributed by atoms with Crippen LogP contribution in [0.4, 0.5) is 4.39 Å². The zero-order chi connectivity index (χ0) is 17.7. The summed E-state index contributed by atoms with van der Waals surface area (Å²) in [5.74, 6) is -0.250. The molecule has 1 saturated heterocycles. The van der Waals surface area contributed by atoms with Gasteiger partial charge in [0, 0.05) is 49.9 Å². The summed E-state index contributed by atoms with van der Waals surface area (Å²) in [6, 6.07) is 4.80. The third kappa shape index (κ3) is 6.30. The average Bonchev–Trinajstić information content (AvgIpc) is 2.50. The van der Waals surface area contributed by atoms with E-state index in [9.17, 15) is 9.50 Å². The fraction of sp³-hybridized carbons (Fsp3) is 0.667. The molecule has 24 heavy (non-hydrogen) atoms. The molecular weight excluding hydrogens is 331 g/mol. The van der Waals surface area contributed by atoms with E-state index in [2.05, 4.69) is 9.80 Å². The quantitative estimate of drug-likeness (QED) is 0.848. The molecule has 0 amide bonds. The second-order valence-electron chi connectivity index (χ2n) is 7.35. The molecule has 1 fully saturated rings. The van der Waals surface area contributed by atoms with Crippen LogP contribution in [0.2, 0.25) is 5.02 Å². The lowest BCUT2D eigenvalue weighted by molar-refractivity contribution is -0.0587. The molecule has 136 valence electrons. The molecule has 0 radical (unpaired) electrons. The van der Waals surface area contributed by atoms with Crippen molar-refractivity contribution in [3.63, 3.8) is 0 Å². The van der Waals surface area contributed by atoms with E-state index in [1.165, 1.54) is 6.07 Å². The summed E-state index contributed by atoms with van der Waals surface area (Å²) in [6.45, 7) is 10.8. The second-order valence-corrected chi connectivity index (χ2v) is 7.76. The van der Waals surface area contributed by atoms with Crippen molar-refractivity contribution in [2.24, 2.45) is 0 Å². The van der Waals surface area contributed by atoms with Crippen molar-refractivity contribution in [3.8, 4) is 0 Å². The van der Waals surface area contributed by atoms with Crippen LogP contribution < -0.4 is 0 Å². The Morgan fingerprint density at radius 1 is 1.21 bits per heavy atom. The van der Waals surface area contributed by atoms with Crippen LogP contribution in [0, 0.1) is 5.82 Å². The molecular formula is C18H28ClFN2O2. The van der Waals surface area contributed by atoms with Gasteiger partial charge in [0.25, 0.3) is 0 Å². The van der Waals surface area contributed by atoms with Gasteiger partial charge in [0.1, 0.15) is 5.82 Å². The van der Waals surface area contributed by atoms with Gasteiger partial charge in [-0.05, 0) is 32.9 Å². The molecule has 0 bridgehead atoms. The van der Waals surface area contributed by atoms with E-state index in [1.807, 2.05) is 20.8 Å². The van der Waals surface area contributed by atoms with E-state index in [1.54, 1.807) is 12.1 Å². The fourth-order valence-electron chi connectivity index (χ4n) is 2.73. The van der Waals surface area contributed by atoms with Crippen LogP contribution in [-0.2, 0) is 11.3 Å². The second kappa shape index (κ2) is 8.59. The number of β-amino-alcohol motifs (C(OH)–C–C–N with tert-alkyl or cyclic N) is 1.